The highest BCUT2D eigenvalue weighted by molar-refractivity contribution is 8.20. The Morgan fingerprint density at radius 3 is 2.96 bits per heavy atom. The van der Waals surface area contributed by atoms with Gasteiger partial charge >= 0.3 is 0 Å². The van der Waals surface area contributed by atoms with E-state index in [9.17, 15) is 10.1 Å². The topological polar surface area (TPSA) is 84.6 Å². The minimum Gasteiger partial charge on any atom is -0.396 e. The molecule has 23 heavy (non-hydrogen) atoms. The molecule has 128 valence electrons. The maximum absolute atomic E-state index is 10.9. The number of hydrogen-bond acceptors (Lipinski definition) is 6. The van der Waals surface area contributed by atoms with Crippen LogP contribution >= 0.6 is 21.6 Å². The van der Waals surface area contributed by atoms with Gasteiger partial charge in [-0.3, -0.25) is 10.1 Å². The van der Waals surface area contributed by atoms with Gasteiger partial charge in [0.25, 0.3) is 5.69 Å². The third kappa shape index (κ3) is 5.08. The van der Waals surface area contributed by atoms with E-state index in [0.717, 1.165) is 11.3 Å². The number of non-ortho nitro benzene ring substituents is 1. The van der Waals surface area contributed by atoms with Crippen LogP contribution in [-0.4, -0.2) is 38.8 Å². The molecule has 3 unspecified atom stereocenters. The van der Waals surface area contributed by atoms with Crippen LogP contribution in [0.4, 0.5) is 11.4 Å². The average Bonchev–Trinajstić information content (AvgIpc) is 2.52. The van der Waals surface area contributed by atoms with Crippen molar-refractivity contribution in [2.75, 3.05) is 19.0 Å². The highest BCUT2D eigenvalue weighted by Crippen LogP contribution is 2.41. The summed E-state index contributed by atoms with van der Waals surface area (Å²) >= 11 is 3.60. The van der Waals surface area contributed by atoms with Gasteiger partial charge in [-0.05, 0) is 13.8 Å². The van der Waals surface area contributed by atoms with Gasteiger partial charge < -0.3 is 15.2 Å². The van der Waals surface area contributed by atoms with E-state index in [2.05, 4.69) is 32.0 Å². The van der Waals surface area contributed by atoms with Crippen molar-refractivity contribution < 1.29 is 14.8 Å². The maximum atomic E-state index is 10.9. The van der Waals surface area contributed by atoms with Crippen molar-refractivity contribution in [2.45, 2.75) is 32.4 Å². The lowest BCUT2D eigenvalue weighted by Crippen LogP contribution is -2.42. The van der Waals surface area contributed by atoms with Crippen molar-refractivity contribution >= 4 is 39.2 Å². The van der Waals surface area contributed by atoms with Crippen molar-refractivity contribution in [2.24, 2.45) is 5.41 Å². The minimum absolute atomic E-state index is 0.0572. The quantitative estimate of drug-likeness (QED) is 0.247. The Kier molecular flexibility index (Phi) is 6.57. The van der Waals surface area contributed by atoms with Crippen molar-refractivity contribution in [1.29, 1.82) is 2.77 Å². The average molecular weight is 361 g/mol. The molecule has 1 heterocycles. The molecule has 2 N–H and O–H groups in total. The smallest absolute Gasteiger partial charge is 0.269 e. The number of methoxy groups -OCH3 is 1. The lowest BCUT2D eigenvalue weighted by molar-refractivity contribution is -0.385. The molecule has 2 rings (SSSR count). The van der Waals surface area contributed by atoms with Crippen molar-refractivity contribution in [3.63, 3.8) is 0 Å². The number of thiol groups is 1. The minimum atomic E-state index is -0.406. The molecule has 9 heteroatoms. The normalized spacial score (nSPS) is 20.9. The lowest BCUT2D eigenvalue weighted by atomic mass is 9.78. The maximum Gasteiger partial charge on any atom is 0.269 e. The zero-order valence-corrected chi connectivity index (χ0v) is 15.5. The zero-order valence-electron chi connectivity index (χ0n) is 15.5. The second-order valence-electron chi connectivity index (χ2n) is 5.97. The van der Waals surface area contributed by atoms with Crippen LogP contribution in [0.3, 0.4) is 0 Å². The first kappa shape index (κ1) is 17.0. The van der Waals surface area contributed by atoms with Gasteiger partial charge in [0.1, 0.15) is 0 Å². The fourth-order valence-corrected chi connectivity index (χ4v) is 2.49. The van der Waals surface area contributed by atoms with E-state index in [4.69, 9.17) is 7.50 Å². The van der Waals surface area contributed by atoms with E-state index in [1.165, 1.54) is 6.07 Å². The van der Waals surface area contributed by atoms with Gasteiger partial charge in [-0.25, -0.2) is 12.5 Å². The summed E-state index contributed by atoms with van der Waals surface area (Å²) in [4.78, 5) is 10.5. The molecule has 3 atom stereocenters. The SMILES string of the molecule is [2H]B(P)S.[3H]OCC(C)(C)C1CC(OC)c2cc([N+](=O)[O-])ccc2N1. The predicted molar refractivity (Wildman–Crippen MR) is 102 cm³/mol. The molecule has 0 fully saturated rings. The van der Waals surface area contributed by atoms with Crippen LogP contribution in [0.15, 0.2) is 18.2 Å². The fourth-order valence-electron chi connectivity index (χ4n) is 2.49. The van der Waals surface area contributed by atoms with Crippen LogP contribution in [0, 0.1) is 15.5 Å². The number of aliphatic hydroxyl groups excluding tert-OH is 1. The van der Waals surface area contributed by atoms with Gasteiger partial charge in [0.05, 0.1) is 17.6 Å². The zero-order chi connectivity index (χ0) is 19.2. The fraction of sp³-hybridized carbons (Fsp3) is 0.571. The molecule has 0 saturated carbocycles. The molecule has 0 aromatic heterocycles. The number of nitrogens with one attached hydrogen (secondary N) is 1. The predicted octanol–water partition coefficient (Wildman–Crippen LogP) is 2.54. The molecule has 0 spiro atoms. The van der Waals surface area contributed by atoms with Crippen LogP contribution in [-0.2, 0) is 4.74 Å². The second-order valence-corrected chi connectivity index (χ2v) is 7.16. The van der Waals surface area contributed by atoms with E-state index in [-0.39, 0.29) is 29.5 Å². The molecule has 1 aliphatic heterocycles. The van der Waals surface area contributed by atoms with E-state index < -0.39 is 4.92 Å². The van der Waals surface area contributed by atoms with E-state index in [1.807, 2.05) is 13.8 Å². The van der Waals surface area contributed by atoms with Gasteiger partial charge in [-0.15, -0.1) is 0 Å². The summed E-state index contributed by atoms with van der Waals surface area (Å²) < 4.78 is 18.9. The molecule has 0 aliphatic carbocycles. The van der Waals surface area contributed by atoms with Crippen LogP contribution in [0.2, 0.25) is 0 Å². The number of anilines is 1. The molecule has 6 nitrogen and oxygen atoms in total. The number of benzene rings is 1. The number of hydrogen-bond donors (Lipinski definition) is 3. The van der Waals surface area contributed by atoms with Gasteiger partial charge in [0.2, 0.25) is 7.67 Å². The summed E-state index contributed by atoms with van der Waals surface area (Å²) in [6, 6.07) is 4.81. The number of nitrogens with zero attached hydrogens (tertiary/aromatic N) is 1. The first-order valence-corrected chi connectivity index (χ1v) is 8.32. The van der Waals surface area contributed by atoms with Crippen molar-refractivity contribution in [3.8, 4) is 0 Å². The number of nitro groups is 1. The highest BCUT2D eigenvalue weighted by atomic mass is 32.1. The summed E-state index contributed by atoms with van der Waals surface area (Å²) in [7, 11) is 3.79. The Morgan fingerprint density at radius 1 is 1.78 bits per heavy atom. The van der Waals surface area contributed by atoms with Gasteiger partial charge in [-0.1, -0.05) is 13.8 Å². The molecule has 0 amide bonds. The number of aliphatic hydroxyl groups is 1. The number of ether oxygens (including phenoxy) is 1. The van der Waals surface area contributed by atoms with Crippen LogP contribution in [0.1, 0.15) is 31.9 Å². The lowest BCUT2D eigenvalue weighted by Gasteiger charge is -2.40. The molecular weight excluding hydrogens is 334 g/mol. The Bertz CT molecular complexity index is 595. The molecule has 1 aliphatic rings. The molecule has 0 radical (unpaired) electrons. The monoisotopic (exact) mass is 361 g/mol. The number of nitro benzene ring substituents is 1. The Labute approximate surface area is 148 Å². The first-order valence-electron chi connectivity index (χ1n) is 8.12. The Morgan fingerprint density at radius 2 is 2.43 bits per heavy atom. The van der Waals surface area contributed by atoms with Gasteiger partial charge in [0, 0.05) is 42.0 Å². The second kappa shape index (κ2) is 8.88. The Hall–Kier alpha value is -0.815. The number of fused-ring (bicyclic) bond motifs is 1. The van der Waals surface area contributed by atoms with Crippen LogP contribution in [0.25, 0.3) is 0 Å². The van der Waals surface area contributed by atoms with Crippen LogP contribution in [0.5, 0.6) is 0 Å². The van der Waals surface area contributed by atoms with E-state index in [0.29, 0.717) is 13.0 Å². The van der Waals surface area contributed by atoms with Crippen molar-refractivity contribution in [3.05, 3.63) is 33.9 Å². The van der Waals surface area contributed by atoms with Crippen molar-refractivity contribution in [1.82, 2.24) is 0 Å². The summed E-state index contributed by atoms with van der Waals surface area (Å²) in [5.41, 5.74) is 1.44. The largest absolute Gasteiger partial charge is 0.396 e. The van der Waals surface area contributed by atoms with Gasteiger partial charge in [-0.2, -0.15) is 9.12 Å². The summed E-state index contributed by atoms with van der Waals surface area (Å²) in [6.45, 7) is 4.33. The number of rotatable bonds is 5. The summed E-state index contributed by atoms with van der Waals surface area (Å²) in [5.74, 6) is 0. The van der Waals surface area contributed by atoms with Gasteiger partial charge in [0.15, 0.2) is 0 Å². The first-order chi connectivity index (χ1) is 11.6. The summed E-state index contributed by atoms with van der Waals surface area (Å²) in [5, 5.41) is 18.8. The molecule has 0 saturated heterocycles. The van der Waals surface area contributed by atoms with Crippen LogP contribution < -0.4 is 5.32 Å². The molecule has 1 aromatic rings. The standard InChI is InChI=1S/C14H20N2O4.BH4PS/c1-14(2,8-17)13-7-12(20-3)10-6-9(16(18)19)4-5-11(10)15-13;2-1-3/h4-6,12-13,15,17H,7-8H2,1-3H3;1,3H,2H2/i17T;1D. The highest BCUT2D eigenvalue weighted by Gasteiger charge is 2.36. The third-order valence-corrected chi connectivity index (χ3v) is 3.97. The molecule has 0 bridgehead atoms. The van der Waals surface area contributed by atoms with E-state index in [1.54, 1.807) is 19.2 Å². The molecular formula is C14H24BN2O4PS. The van der Waals surface area contributed by atoms with E-state index >= 15 is 0 Å². The molecule has 1 aromatic carbocycles. The third-order valence-electron chi connectivity index (χ3n) is 3.97. The Balaban J connectivity index is 0.000000705. The summed E-state index contributed by atoms with van der Waals surface area (Å²) in [6.07, 6.45) is 0.150.